The summed E-state index contributed by atoms with van der Waals surface area (Å²) >= 11 is 0. The van der Waals surface area contributed by atoms with Crippen LogP contribution in [0, 0.1) is 20.6 Å². The Balaban J connectivity index is 1.47. The van der Waals surface area contributed by atoms with Crippen molar-refractivity contribution < 1.29 is 16.8 Å². The molecule has 0 saturated carbocycles. The molecule has 0 spiro atoms. The number of fused-ring (bicyclic) bond motifs is 6. The van der Waals surface area contributed by atoms with E-state index in [4.69, 9.17) is 16.8 Å². The van der Waals surface area contributed by atoms with Crippen molar-refractivity contribution in [3.63, 3.8) is 0 Å². The van der Waals surface area contributed by atoms with Crippen LogP contribution in [0.2, 0.25) is 0 Å². The van der Waals surface area contributed by atoms with Crippen LogP contribution in [0.4, 0.5) is 0 Å². The second-order valence-electron chi connectivity index (χ2n) is 9.02. The van der Waals surface area contributed by atoms with E-state index in [9.17, 15) is 0 Å². The van der Waals surface area contributed by atoms with Gasteiger partial charge in [0.1, 0.15) is 11.2 Å². The molecule has 0 bridgehead atoms. The molecule has 0 aliphatic carbocycles. The number of rotatable bonds is 2. The summed E-state index contributed by atoms with van der Waals surface area (Å²) in [6.07, 6.45) is 1.24. The van der Waals surface area contributed by atoms with Crippen molar-refractivity contribution >= 4 is 43.5 Å². The number of para-hydroxylation sites is 1. The lowest BCUT2D eigenvalue weighted by Crippen LogP contribution is -1.92. The van der Waals surface area contributed by atoms with Gasteiger partial charge in [-0.15, -0.1) is 0 Å². The molecule has 0 N–H and O–H groups in total. The summed E-state index contributed by atoms with van der Waals surface area (Å²) in [4.78, 5) is 4.52. The number of aryl methyl sites for hydroxylation is 3. The molecule has 2 heteroatoms. The predicted octanol–water partition coefficient (Wildman–Crippen LogP) is 9.55. The smallest absolute Gasteiger partial charge is 0.144 e. The minimum absolute atomic E-state index is 0.104. The van der Waals surface area contributed by atoms with Crippen molar-refractivity contribution in [1.82, 2.24) is 4.98 Å². The lowest BCUT2D eigenvalue weighted by molar-refractivity contribution is 0.670. The van der Waals surface area contributed by atoms with Crippen molar-refractivity contribution in [2.75, 3.05) is 0 Å². The quantitative estimate of drug-likeness (QED) is 0.234. The van der Waals surface area contributed by atoms with Gasteiger partial charge in [-0.1, -0.05) is 72.3 Å². The van der Waals surface area contributed by atoms with Crippen molar-refractivity contribution in [2.24, 2.45) is 0 Å². The number of furan rings is 1. The molecule has 172 valence electrons. The fourth-order valence-electron chi connectivity index (χ4n) is 5.11. The van der Waals surface area contributed by atoms with E-state index in [2.05, 4.69) is 35.3 Å². The summed E-state index contributed by atoms with van der Waals surface area (Å²) in [5.74, 6) is 0. The van der Waals surface area contributed by atoms with Crippen molar-refractivity contribution in [2.45, 2.75) is 20.6 Å². The molecule has 2 aromatic heterocycles. The van der Waals surface area contributed by atoms with E-state index in [1.165, 1.54) is 18.3 Å². The van der Waals surface area contributed by atoms with Crippen LogP contribution < -0.4 is 0 Å². The van der Waals surface area contributed by atoms with E-state index in [1.807, 2.05) is 36.4 Å². The summed E-state index contributed by atoms with van der Waals surface area (Å²) in [5.41, 5.74) is 1.93. The van der Waals surface area contributed by atoms with E-state index in [1.54, 1.807) is 6.07 Å². The Morgan fingerprint density at radius 2 is 1.50 bits per heavy atom. The average molecular weight is 473 g/mol. The fraction of sp³-hybridized carbons (Fsp3) is 0.0882. The highest BCUT2D eigenvalue weighted by Gasteiger charge is 2.16. The van der Waals surface area contributed by atoms with Gasteiger partial charge in [0.2, 0.25) is 0 Å². The van der Waals surface area contributed by atoms with E-state index in [0.717, 1.165) is 38.4 Å². The number of benzene rings is 5. The third kappa shape index (κ3) is 3.15. The Labute approximate surface area is 222 Å². The van der Waals surface area contributed by atoms with Crippen LogP contribution in [0.5, 0.6) is 0 Å². The van der Waals surface area contributed by atoms with Gasteiger partial charge >= 0.3 is 0 Å². The number of nitrogens with zero attached hydrogens (tertiary/aromatic N) is 1. The first-order chi connectivity index (χ1) is 21.2. The van der Waals surface area contributed by atoms with Gasteiger partial charge in [-0.3, -0.25) is 4.98 Å². The molecule has 2 heterocycles. The zero-order chi connectivity index (χ0) is 31.9. The minimum Gasteiger partial charge on any atom is -0.455 e. The van der Waals surface area contributed by atoms with E-state index in [0.29, 0.717) is 22.4 Å². The molecule has 0 aliphatic heterocycles. The lowest BCUT2D eigenvalue weighted by Gasteiger charge is -2.12. The molecule has 0 fully saturated rings. The summed E-state index contributed by atoms with van der Waals surface area (Å²) in [5, 5.41) is 6.12. The van der Waals surface area contributed by atoms with Gasteiger partial charge in [0, 0.05) is 34.9 Å². The number of pyridine rings is 1. The first kappa shape index (κ1) is 13.6. The van der Waals surface area contributed by atoms with Gasteiger partial charge in [-0.05, 0) is 88.6 Å². The Bertz CT molecular complexity index is 2290. The van der Waals surface area contributed by atoms with E-state index >= 15 is 0 Å². The molecule has 0 radical (unpaired) electrons. The maximum Gasteiger partial charge on any atom is 0.144 e. The summed E-state index contributed by atoms with van der Waals surface area (Å²) < 4.78 is 78.9. The average Bonchev–Trinajstić information content (AvgIpc) is 3.35. The monoisotopic (exact) mass is 472 g/mol. The molecule has 7 aromatic rings. The Morgan fingerprint density at radius 3 is 2.42 bits per heavy atom. The molecule has 5 aromatic carbocycles. The van der Waals surface area contributed by atoms with Gasteiger partial charge in [-0.2, -0.15) is 0 Å². The number of hydrogen-bond donors (Lipinski definition) is 0. The van der Waals surface area contributed by atoms with Gasteiger partial charge in [0.05, 0.1) is 5.69 Å². The molecule has 0 amide bonds. The van der Waals surface area contributed by atoms with Gasteiger partial charge in [0.15, 0.2) is 0 Å². The molecule has 36 heavy (non-hydrogen) atoms. The normalized spacial score (nSPS) is 16.5. The van der Waals surface area contributed by atoms with Gasteiger partial charge < -0.3 is 4.42 Å². The minimum atomic E-state index is -2.71. The molecule has 2 nitrogen and oxygen atoms in total. The van der Waals surface area contributed by atoms with E-state index < -0.39 is 20.6 Å². The molecular weight excluding hydrogens is 438 g/mol. The maximum atomic E-state index is 8.18. The zero-order valence-corrected chi connectivity index (χ0v) is 19.1. The molecule has 0 atom stereocenters. The Kier molecular flexibility index (Phi) is 2.94. The molecule has 7 rings (SSSR count). The predicted molar refractivity (Wildman–Crippen MR) is 152 cm³/mol. The lowest BCUT2D eigenvalue weighted by atomic mass is 9.94. The first-order valence-electron chi connectivity index (χ1n) is 16.1. The standard InChI is InChI=1S/C34H25NO/c1-20-11-14-25(21(2)15-20)29-17-32(35-19-22(29)3)28-10-6-9-27-31-16-24-13-12-23-7-4-5-8-26(23)30(24)18-33(31)36-34(27)28/h4-19H,1-3H3/i1D3,2D3,3D3. The van der Waals surface area contributed by atoms with Crippen LogP contribution in [0.1, 0.15) is 29.0 Å². The summed E-state index contributed by atoms with van der Waals surface area (Å²) in [6.45, 7) is -7.87. The van der Waals surface area contributed by atoms with Gasteiger partial charge in [0.25, 0.3) is 0 Å². The van der Waals surface area contributed by atoms with E-state index in [-0.39, 0.29) is 27.8 Å². The second kappa shape index (κ2) is 7.79. The maximum absolute atomic E-state index is 8.18. The number of hydrogen-bond acceptors (Lipinski definition) is 2. The van der Waals surface area contributed by atoms with Crippen molar-refractivity contribution in [1.29, 1.82) is 0 Å². The topological polar surface area (TPSA) is 26.0 Å². The second-order valence-corrected chi connectivity index (χ2v) is 9.02. The van der Waals surface area contributed by atoms with Crippen LogP contribution in [0.3, 0.4) is 0 Å². The van der Waals surface area contributed by atoms with Crippen LogP contribution in [-0.2, 0) is 0 Å². The highest BCUT2D eigenvalue weighted by Crippen LogP contribution is 2.39. The van der Waals surface area contributed by atoms with Crippen LogP contribution in [-0.4, -0.2) is 4.98 Å². The van der Waals surface area contributed by atoms with Crippen LogP contribution >= 0.6 is 0 Å². The first-order valence-corrected chi connectivity index (χ1v) is 11.6. The van der Waals surface area contributed by atoms with Crippen LogP contribution in [0.15, 0.2) is 102 Å². The fourth-order valence-corrected chi connectivity index (χ4v) is 5.11. The highest BCUT2D eigenvalue weighted by molar-refractivity contribution is 6.17. The largest absolute Gasteiger partial charge is 0.455 e. The van der Waals surface area contributed by atoms with Crippen LogP contribution in [0.25, 0.3) is 65.9 Å². The molecule has 0 aliphatic rings. The zero-order valence-electron chi connectivity index (χ0n) is 28.1. The SMILES string of the molecule is [2H]C([2H])([2H])c1ccc(-c2cc(-c3cccc4c3oc3cc5c(ccc6ccccc65)cc34)ncc2C([2H])([2H])[2H])c(C([2H])([2H])[2H])c1. The molecular formula is C34H25NO. The Hall–Kier alpha value is -4.43. The molecule has 0 unspecified atom stereocenters. The third-order valence-corrected chi connectivity index (χ3v) is 6.85. The third-order valence-electron chi connectivity index (χ3n) is 6.85. The van der Waals surface area contributed by atoms with Crippen molar-refractivity contribution in [3.05, 3.63) is 114 Å². The van der Waals surface area contributed by atoms with Crippen molar-refractivity contribution in [3.8, 4) is 22.4 Å². The summed E-state index contributed by atoms with van der Waals surface area (Å²) in [6, 6.07) is 27.4. The Morgan fingerprint density at radius 1 is 0.611 bits per heavy atom. The number of aromatic nitrogens is 1. The van der Waals surface area contributed by atoms with Gasteiger partial charge in [-0.25, -0.2) is 0 Å². The summed E-state index contributed by atoms with van der Waals surface area (Å²) in [7, 11) is 0. The molecule has 0 saturated heterocycles. The highest BCUT2D eigenvalue weighted by atomic mass is 16.3.